The summed E-state index contributed by atoms with van der Waals surface area (Å²) in [6.07, 6.45) is 0.848. The lowest BCUT2D eigenvalue weighted by atomic mass is 10.1. The first-order valence-corrected chi connectivity index (χ1v) is 7.61. The summed E-state index contributed by atoms with van der Waals surface area (Å²) in [6, 6.07) is 10.2. The molecule has 1 aromatic heterocycles. The maximum absolute atomic E-state index is 6.00. The van der Waals surface area contributed by atoms with E-state index in [1.165, 1.54) is 16.0 Å². The predicted octanol–water partition coefficient (Wildman–Crippen LogP) is 3.32. The van der Waals surface area contributed by atoms with Crippen LogP contribution >= 0.6 is 11.3 Å². The van der Waals surface area contributed by atoms with Gasteiger partial charge in [0, 0.05) is 18.5 Å². The highest BCUT2D eigenvalue weighted by molar-refractivity contribution is 7.10. The molecule has 4 heteroatoms. The number of methoxy groups -OCH3 is 1. The van der Waals surface area contributed by atoms with Crippen LogP contribution in [0.2, 0.25) is 0 Å². The highest BCUT2D eigenvalue weighted by Crippen LogP contribution is 2.28. The molecule has 1 unspecified atom stereocenters. The average molecular weight is 291 g/mol. The lowest BCUT2D eigenvalue weighted by molar-refractivity contribution is 0.202. The fourth-order valence-corrected chi connectivity index (χ4v) is 3.01. The fraction of sp³-hybridized carbons (Fsp3) is 0.375. The van der Waals surface area contributed by atoms with E-state index < -0.39 is 0 Å². The third kappa shape index (κ3) is 3.82. The Morgan fingerprint density at radius 3 is 2.50 bits per heavy atom. The number of hydrogen-bond acceptors (Lipinski definition) is 4. The quantitative estimate of drug-likeness (QED) is 0.851. The molecule has 0 aliphatic carbocycles. The average Bonchev–Trinajstić information content (AvgIpc) is 2.90. The minimum atomic E-state index is -0.0696. The third-order valence-electron chi connectivity index (χ3n) is 3.20. The molecule has 1 heterocycles. The second-order valence-corrected chi connectivity index (χ2v) is 5.64. The van der Waals surface area contributed by atoms with Gasteiger partial charge in [0.15, 0.2) is 0 Å². The van der Waals surface area contributed by atoms with Crippen molar-refractivity contribution < 1.29 is 9.47 Å². The Hall–Kier alpha value is -1.36. The van der Waals surface area contributed by atoms with Crippen LogP contribution in [0.4, 0.5) is 0 Å². The summed E-state index contributed by atoms with van der Waals surface area (Å²) in [5, 5.41) is 2.07. The van der Waals surface area contributed by atoms with Gasteiger partial charge < -0.3 is 15.2 Å². The first kappa shape index (κ1) is 15.0. The van der Waals surface area contributed by atoms with Gasteiger partial charge in [-0.15, -0.1) is 11.3 Å². The van der Waals surface area contributed by atoms with E-state index in [1.54, 1.807) is 18.4 Å². The van der Waals surface area contributed by atoms with Crippen LogP contribution in [0.5, 0.6) is 5.75 Å². The van der Waals surface area contributed by atoms with Crippen LogP contribution < -0.4 is 10.5 Å². The fourth-order valence-electron chi connectivity index (χ4n) is 2.04. The van der Waals surface area contributed by atoms with Crippen molar-refractivity contribution in [1.82, 2.24) is 0 Å². The monoisotopic (exact) mass is 291 g/mol. The molecular formula is C16H21NO2S. The van der Waals surface area contributed by atoms with Crippen molar-refractivity contribution in [1.29, 1.82) is 0 Å². The molecule has 0 saturated heterocycles. The van der Waals surface area contributed by atoms with Crippen LogP contribution in [0, 0.1) is 6.92 Å². The maximum Gasteiger partial charge on any atom is 0.145 e. The summed E-state index contributed by atoms with van der Waals surface area (Å²) in [4.78, 5) is 1.20. The van der Waals surface area contributed by atoms with Gasteiger partial charge in [0.25, 0.3) is 0 Å². The zero-order valence-corrected chi connectivity index (χ0v) is 12.8. The molecule has 20 heavy (non-hydrogen) atoms. The van der Waals surface area contributed by atoms with Gasteiger partial charge in [-0.2, -0.15) is 0 Å². The van der Waals surface area contributed by atoms with E-state index in [0.717, 1.165) is 18.8 Å². The highest BCUT2D eigenvalue weighted by atomic mass is 32.1. The summed E-state index contributed by atoms with van der Waals surface area (Å²) in [7, 11) is 1.71. The minimum Gasteiger partial charge on any atom is -0.484 e. The molecule has 0 saturated carbocycles. The van der Waals surface area contributed by atoms with Crippen molar-refractivity contribution in [3.63, 3.8) is 0 Å². The molecule has 2 N–H and O–H groups in total. The molecule has 1 atom stereocenters. The first-order chi connectivity index (χ1) is 9.74. The summed E-state index contributed by atoms with van der Waals surface area (Å²) in [5.41, 5.74) is 8.33. The summed E-state index contributed by atoms with van der Waals surface area (Å²) in [6.45, 7) is 3.30. The zero-order valence-electron chi connectivity index (χ0n) is 12.0. The minimum absolute atomic E-state index is 0.0696. The molecule has 0 aliphatic heterocycles. The molecule has 1 aromatic carbocycles. The number of benzene rings is 1. The Kier molecular flexibility index (Phi) is 5.59. The van der Waals surface area contributed by atoms with Crippen LogP contribution in [0.15, 0.2) is 35.7 Å². The summed E-state index contributed by atoms with van der Waals surface area (Å²) in [5.74, 6) is 0.856. The SMILES string of the molecule is COCCc1ccc(OC(CN)c2sccc2C)cc1. The van der Waals surface area contributed by atoms with Crippen molar-refractivity contribution in [3.05, 3.63) is 51.7 Å². The second kappa shape index (κ2) is 7.43. The van der Waals surface area contributed by atoms with Gasteiger partial charge in [0.05, 0.1) is 6.61 Å². The molecule has 2 rings (SSSR count). The highest BCUT2D eigenvalue weighted by Gasteiger charge is 2.15. The van der Waals surface area contributed by atoms with Crippen LogP contribution in [0.3, 0.4) is 0 Å². The van der Waals surface area contributed by atoms with Gasteiger partial charge in [0.2, 0.25) is 0 Å². The number of rotatable bonds is 7. The van der Waals surface area contributed by atoms with Gasteiger partial charge >= 0.3 is 0 Å². The Morgan fingerprint density at radius 2 is 1.95 bits per heavy atom. The Balaban J connectivity index is 2.03. The van der Waals surface area contributed by atoms with E-state index in [0.29, 0.717) is 6.54 Å². The molecule has 2 aromatic rings. The third-order valence-corrected chi connectivity index (χ3v) is 4.32. The van der Waals surface area contributed by atoms with Crippen molar-refractivity contribution in [3.8, 4) is 5.75 Å². The molecule has 0 spiro atoms. The van der Waals surface area contributed by atoms with Crippen LogP contribution in [0.1, 0.15) is 22.1 Å². The second-order valence-electron chi connectivity index (χ2n) is 4.70. The number of hydrogen-bond donors (Lipinski definition) is 1. The van der Waals surface area contributed by atoms with Crippen molar-refractivity contribution in [2.24, 2.45) is 5.73 Å². The molecule has 0 bridgehead atoms. The summed E-state index contributed by atoms with van der Waals surface area (Å²) >= 11 is 1.69. The van der Waals surface area contributed by atoms with Crippen LogP contribution in [0.25, 0.3) is 0 Å². The van der Waals surface area contributed by atoms with Crippen molar-refractivity contribution >= 4 is 11.3 Å². The Bertz CT molecular complexity index is 522. The van der Waals surface area contributed by atoms with E-state index in [9.17, 15) is 0 Å². The molecule has 0 radical (unpaired) electrons. The predicted molar refractivity (Wildman–Crippen MR) is 83.5 cm³/mol. The topological polar surface area (TPSA) is 44.5 Å². The molecule has 0 fully saturated rings. The molecule has 108 valence electrons. The lowest BCUT2D eigenvalue weighted by Crippen LogP contribution is -2.18. The van der Waals surface area contributed by atoms with Gasteiger partial charge in [-0.1, -0.05) is 12.1 Å². The Labute approximate surface area is 124 Å². The number of thiophene rings is 1. The van der Waals surface area contributed by atoms with E-state index in [4.69, 9.17) is 15.2 Å². The molecule has 3 nitrogen and oxygen atoms in total. The molecular weight excluding hydrogens is 270 g/mol. The van der Waals surface area contributed by atoms with Crippen LogP contribution in [-0.4, -0.2) is 20.3 Å². The van der Waals surface area contributed by atoms with Gasteiger partial charge in [-0.3, -0.25) is 0 Å². The van der Waals surface area contributed by atoms with Crippen LogP contribution in [-0.2, 0) is 11.2 Å². The first-order valence-electron chi connectivity index (χ1n) is 6.73. The number of aryl methyl sites for hydroxylation is 1. The molecule has 0 aliphatic rings. The van der Waals surface area contributed by atoms with E-state index in [-0.39, 0.29) is 6.10 Å². The Morgan fingerprint density at radius 1 is 1.20 bits per heavy atom. The van der Waals surface area contributed by atoms with Crippen molar-refractivity contribution in [2.45, 2.75) is 19.4 Å². The van der Waals surface area contributed by atoms with Crippen molar-refractivity contribution in [2.75, 3.05) is 20.3 Å². The number of nitrogens with two attached hydrogens (primary N) is 1. The van der Waals surface area contributed by atoms with Gasteiger partial charge in [0.1, 0.15) is 11.9 Å². The van der Waals surface area contributed by atoms with E-state index in [1.807, 2.05) is 12.1 Å². The van der Waals surface area contributed by atoms with Gasteiger partial charge in [-0.25, -0.2) is 0 Å². The standard InChI is InChI=1S/C16H21NO2S/c1-12-8-10-20-16(12)15(11-17)19-14-5-3-13(4-6-14)7-9-18-2/h3-6,8,10,15H,7,9,11,17H2,1-2H3. The smallest absolute Gasteiger partial charge is 0.145 e. The van der Waals surface area contributed by atoms with E-state index >= 15 is 0 Å². The lowest BCUT2D eigenvalue weighted by Gasteiger charge is -2.17. The number of ether oxygens (including phenoxy) is 2. The maximum atomic E-state index is 6.00. The molecule has 0 amide bonds. The van der Waals surface area contributed by atoms with E-state index in [2.05, 4.69) is 30.5 Å². The zero-order chi connectivity index (χ0) is 14.4. The summed E-state index contributed by atoms with van der Waals surface area (Å²) < 4.78 is 11.1. The normalized spacial score (nSPS) is 12.3. The largest absolute Gasteiger partial charge is 0.484 e. The van der Waals surface area contributed by atoms with Gasteiger partial charge in [-0.05, 0) is 48.1 Å².